The highest BCUT2D eigenvalue weighted by molar-refractivity contribution is 6.31. The summed E-state index contributed by atoms with van der Waals surface area (Å²) in [4.78, 5) is 4.23. The molecule has 0 saturated carbocycles. The highest BCUT2D eigenvalue weighted by Crippen LogP contribution is 2.29. The van der Waals surface area contributed by atoms with Gasteiger partial charge in [-0.15, -0.1) is 0 Å². The van der Waals surface area contributed by atoms with Gasteiger partial charge in [0.1, 0.15) is 16.5 Å². The van der Waals surface area contributed by atoms with Gasteiger partial charge in [-0.1, -0.05) is 17.7 Å². The number of rotatable bonds is 6. The maximum absolute atomic E-state index is 6.17. The molecule has 0 bridgehead atoms. The van der Waals surface area contributed by atoms with Crippen molar-refractivity contribution in [2.24, 2.45) is 0 Å². The molecular formula is C15H17ClN2O2. The number of benzene rings is 1. The van der Waals surface area contributed by atoms with Crippen LogP contribution in [0, 0.1) is 0 Å². The van der Waals surface area contributed by atoms with Crippen LogP contribution >= 0.6 is 11.6 Å². The number of ether oxygens (including phenoxy) is 2. The molecule has 5 heteroatoms. The third-order valence-electron chi connectivity index (χ3n) is 2.58. The van der Waals surface area contributed by atoms with Crippen molar-refractivity contribution >= 4 is 11.6 Å². The molecule has 1 aromatic heterocycles. The molecule has 0 unspecified atom stereocenters. The van der Waals surface area contributed by atoms with Gasteiger partial charge in [0.25, 0.3) is 0 Å². The van der Waals surface area contributed by atoms with Gasteiger partial charge in [-0.05, 0) is 37.7 Å². The smallest absolute Gasteiger partial charge is 0.238 e. The molecule has 1 heterocycles. The molecule has 0 aliphatic heterocycles. The lowest BCUT2D eigenvalue weighted by Gasteiger charge is -2.09. The lowest BCUT2D eigenvalue weighted by Crippen LogP contribution is -2.05. The number of nitrogens with one attached hydrogen (secondary N) is 1. The van der Waals surface area contributed by atoms with Crippen LogP contribution in [-0.2, 0) is 6.54 Å². The van der Waals surface area contributed by atoms with E-state index in [1.54, 1.807) is 6.20 Å². The molecule has 0 fully saturated rings. The van der Waals surface area contributed by atoms with E-state index in [4.69, 9.17) is 21.1 Å². The van der Waals surface area contributed by atoms with Crippen LogP contribution in [0.5, 0.6) is 17.4 Å². The number of nitrogens with zero attached hydrogens (tertiary/aromatic N) is 1. The zero-order valence-corrected chi connectivity index (χ0v) is 12.3. The molecule has 2 aromatic rings. The molecule has 20 heavy (non-hydrogen) atoms. The Balaban J connectivity index is 2.15. The van der Waals surface area contributed by atoms with Crippen LogP contribution in [0.2, 0.25) is 5.02 Å². The molecule has 0 spiro atoms. The number of hydrogen-bond acceptors (Lipinski definition) is 4. The van der Waals surface area contributed by atoms with Gasteiger partial charge >= 0.3 is 0 Å². The van der Waals surface area contributed by atoms with Gasteiger partial charge in [0.05, 0.1) is 6.61 Å². The quantitative estimate of drug-likeness (QED) is 0.882. The molecular weight excluding hydrogens is 276 g/mol. The third-order valence-corrected chi connectivity index (χ3v) is 2.85. The molecule has 106 valence electrons. The van der Waals surface area contributed by atoms with Gasteiger partial charge < -0.3 is 14.8 Å². The van der Waals surface area contributed by atoms with Crippen LogP contribution in [0.3, 0.4) is 0 Å². The molecule has 0 radical (unpaired) electrons. The van der Waals surface area contributed by atoms with E-state index in [-0.39, 0.29) is 0 Å². The summed E-state index contributed by atoms with van der Waals surface area (Å²) in [6, 6.07) is 9.23. The molecule has 0 saturated heterocycles. The minimum atomic E-state index is 0.389. The lowest BCUT2D eigenvalue weighted by molar-refractivity contribution is 0.338. The van der Waals surface area contributed by atoms with Gasteiger partial charge in [0.2, 0.25) is 5.88 Å². The summed E-state index contributed by atoms with van der Waals surface area (Å²) in [5.41, 5.74) is 1.01. The van der Waals surface area contributed by atoms with Gasteiger partial charge in [0, 0.05) is 18.8 Å². The molecule has 2 rings (SSSR count). The number of pyridine rings is 1. The second-order valence-electron chi connectivity index (χ2n) is 4.17. The summed E-state index contributed by atoms with van der Waals surface area (Å²) < 4.78 is 11.1. The van der Waals surface area contributed by atoms with Gasteiger partial charge in [-0.25, -0.2) is 4.98 Å². The lowest BCUT2D eigenvalue weighted by atomic mass is 10.3. The summed E-state index contributed by atoms with van der Waals surface area (Å²) in [5, 5.41) is 3.53. The first-order chi connectivity index (χ1) is 9.72. The van der Waals surface area contributed by atoms with Gasteiger partial charge in [-0.3, -0.25) is 0 Å². The third kappa shape index (κ3) is 3.85. The highest BCUT2D eigenvalue weighted by Gasteiger charge is 2.07. The highest BCUT2D eigenvalue weighted by atomic mass is 35.5. The van der Waals surface area contributed by atoms with Crippen LogP contribution in [0.15, 0.2) is 36.5 Å². The first-order valence-corrected chi connectivity index (χ1v) is 6.80. The minimum absolute atomic E-state index is 0.389. The topological polar surface area (TPSA) is 43.4 Å². The largest absolute Gasteiger partial charge is 0.494 e. The molecule has 1 N–H and O–H groups in total. The second-order valence-corrected chi connectivity index (χ2v) is 4.58. The number of halogens is 1. The Morgan fingerprint density at radius 3 is 2.75 bits per heavy atom. The van der Waals surface area contributed by atoms with Crippen molar-refractivity contribution in [1.29, 1.82) is 0 Å². The Hall–Kier alpha value is -1.78. The molecule has 0 atom stereocenters. The normalized spacial score (nSPS) is 10.3. The van der Waals surface area contributed by atoms with Crippen molar-refractivity contribution in [3.63, 3.8) is 0 Å². The summed E-state index contributed by atoms with van der Waals surface area (Å²) in [6.07, 6.45) is 1.74. The Kier molecular flexibility index (Phi) is 5.21. The minimum Gasteiger partial charge on any atom is -0.494 e. The van der Waals surface area contributed by atoms with Crippen LogP contribution in [0.4, 0.5) is 0 Å². The van der Waals surface area contributed by atoms with E-state index < -0.39 is 0 Å². The van der Waals surface area contributed by atoms with E-state index in [0.717, 1.165) is 11.3 Å². The van der Waals surface area contributed by atoms with Crippen molar-refractivity contribution in [1.82, 2.24) is 10.3 Å². The van der Waals surface area contributed by atoms with E-state index in [9.17, 15) is 0 Å². The van der Waals surface area contributed by atoms with Crippen LogP contribution in [-0.4, -0.2) is 18.6 Å². The first-order valence-electron chi connectivity index (χ1n) is 6.42. The molecule has 0 amide bonds. The summed E-state index contributed by atoms with van der Waals surface area (Å²) >= 11 is 6.17. The molecule has 4 nitrogen and oxygen atoms in total. The zero-order valence-electron chi connectivity index (χ0n) is 11.5. The van der Waals surface area contributed by atoms with Crippen molar-refractivity contribution in [2.75, 3.05) is 13.7 Å². The number of hydrogen-bond donors (Lipinski definition) is 1. The predicted octanol–water partition coefficient (Wildman–Crippen LogP) is 3.65. The van der Waals surface area contributed by atoms with Crippen LogP contribution in [0.25, 0.3) is 0 Å². The van der Waals surface area contributed by atoms with E-state index in [1.165, 1.54) is 0 Å². The Morgan fingerprint density at radius 1 is 1.25 bits per heavy atom. The van der Waals surface area contributed by atoms with Crippen LogP contribution < -0.4 is 14.8 Å². The summed E-state index contributed by atoms with van der Waals surface area (Å²) in [6.45, 7) is 3.26. The fourth-order valence-corrected chi connectivity index (χ4v) is 1.97. The standard InChI is InChI=1S/C15H17ClN2O2/c1-3-19-12-5-4-6-13(8-12)20-15-14(16)7-11(9-17-2)10-18-15/h4-8,10,17H,3,9H2,1-2H3. The predicted molar refractivity (Wildman–Crippen MR) is 79.7 cm³/mol. The summed E-state index contributed by atoms with van der Waals surface area (Å²) in [5.74, 6) is 1.79. The van der Waals surface area contributed by atoms with Crippen molar-refractivity contribution in [2.45, 2.75) is 13.5 Å². The van der Waals surface area contributed by atoms with Crippen LogP contribution in [0.1, 0.15) is 12.5 Å². The van der Waals surface area contributed by atoms with E-state index in [2.05, 4.69) is 10.3 Å². The van der Waals surface area contributed by atoms with Crippen molar-refractivity contribution < 1.29 is 9.47 Å². The van der Waals surface area contributed by atoms with Gasteiger partial charge in [0.15, 0.2) is 0 Å². The van der Waals surface area contributed by atoms with E-state index in [0.29, 0.717) is 29.8 Å². The molecule has 1 aromatic carbocycles. The SMILES string of the molecule is CCOc1cccc(Oc2ncc(CNC)cc2Cl)c1. The van der Waals surface area contributed by atoms with E-state index >= 15 is 0 Å². The fourth-order valence-electron chi connectivity index (χ4n) is 1.75. The first kappa shape index (κ1) is 14.6. The second kappa shape index (κ2) is 7.12. The Morgan fingerprint density at radius 2 is 2.05 bits per heavy atom. The maximum Gasteiger partial charge on any atom is 0.238 e. The maximum atomic E-state index is 6.17. The Bertz CT molecular complexity index is 576. The fraction of sp³-hybridized carbons (Fsp3) is 0.267. The molecule has 0 aliphatic rings. The zero-order chi connectivity index (χ0) is 14.4. The average molecular weight is 293 g/mol. The van der Waals surface area contributed by atoms with Gasteiger partial charge in [-0.2, -0.15) is 0 Å². The average Bonchev–Trinajstić information content (AvgIpc) is 2.43. The molecule has 0 aliphatic carbocycles. The van der Waals surface area contributed by atoms with Crippen molar-refractivity contribution in [3.05, 3.63) is 47.1 Å². The Labute approximate surface area is 123 Å². The van der Waals surface area contributed by atoms with Crippen molar-refractivity contribution in [3.8, 4) is 17.4 Å². The summed E-state index contributed by atoms with van der Waals surface area (Å²) in [7, 11) is 1.87. The number of aromatic nitrogens is 1. The monoisotopic (exact) mass is 292 g/mol. The van der Waals surface area contributed by atoms with E-state index in [1.807, 2.05) is 44.3 Å².